The summed E-state index contributed by atoms with van der Waals surface area (Å²) in [5, 5.41) is -0.473. The maximum absolute atomic E-state index is 13.6. The molecule has 3 nitrogen and oxygen atoms in total. The zero-order chi connectivity index (χ0) is 15.9. The summed E-state index contributed by atoms with van der Waals surface area (Å²) in [6.07, 6.45) is 0.543. The van der Waals surface area contributed by atoms with E-state index in [0.29, 0.717) is 17.9 Å². The molecule has 0 saturated heterocycles. The molecule has 1 aromatic carbocycles. The van der Waals surface area contributed by atoms with Gasteiger partial charge < -0.3 is 4.74 Å². The number of alkyl halides is 1. The largest absolute Gasteiger partial charge is 0.489 e. The number of ether oxygens (including phenoxy) is 1. The van der Waals surface area contributed by atoms with Gasteiger partial charge in [-0.1, -0.05) is 11.8 Å². The van der Waals surface area contributed by atoms with Crippen LogP contribution in [0.3, 0.4) is 0 Å². The van der Waals surface area contributed by atoms with Crippen molar-refractivity contribution >= 4 is 21.4 Å². The second-order valence-corrected chi connectivity index (χ2v) is 7.70. The molecule has 116 valence electrons. The highest BCUT2D eigenvalue weighted by molar-refractivity contribution is 7.91. The molecule has 21 heavy (non-hydrogen) atoms. The van der Waals surface area contributed by atoms with Crippen molar-refractivity contribution < 1.29 is 17.5 Å². The highest BCUT2D eigenvalue weighted by atomic mass is 35.5. The van der Waals surface area contributed by atoms with Crippen LogP contribution in [0.25, 0.3) is 0 Å². The van der Waals surface area contributed by atoms with E-state index in [2.05, 4.69) is 11.8 Å². The van der Waals surface area contributed by atoms with Gasteiger partial charge in [0.15, 0.2) is 21.4 Å². The van der Waals surface area contributed by atoms with Gasteiger partial charge in [0, 0.05) is 17.9 Å². The molecule has 0 heterocycles. The molecule has 0 spiro atoms. The van der Waals surface area contributed by atoms with Gasteiger partial charge in [-0.25, -0.2) is 12.8 Å². The van der Waals surface area contributed by atoms with Gasteiger partial charge in [0.25, 0.3) is 0 Å². The first kappa shape index (κ1) is 17.8. The fourth-order valence-electron chi connectivity index (χ4n) is 1.41. The Morgan fingerprint density at radius 3 is 2.71 bits per heavy atom. The Morgan fingerprint density at radius 2 is 2.10 bits per heavy atom. The number of hydrogen-bond acceptors (Lipinski definition) is 3. The Bertz CT molecular complexity index is 630. The van der Waals surface area contributed by atoms with Gasteiger partial charge in [0.05, 0.1) is 11.0 Å². The Balaban J connectivity index is 2.71. The van der Waals surface area contributed by atoms with E-state index >= 15 is 0 Å². The summed E-state index contributed by atoms with van der Waals surface area (Å²) in [5.41, 5.74) is 0.600. The molecular formula is C15H18ClFO3S. The number of benzene rings is 1. The first-order chi connectivity index (χ1) is 9.86. The summed E-state index contributed by atoms with van der Waals surface area (Å²) in [5.74, 6) is 5.43. The van der Waals surface area contributed by atoms with Crippen molar-refractivity contribution in [1.29, 1.82) is 0 Å². The minimum atomic E-state index is -3.20. The quantitative estimate of drug-likeness (QED) is 0.594. The maximum atomic E-state index is 13.6. The Labute approximate surface area is 130 Å². The topological polar surface area (TPSA) is 43.4 Å². The summed E-state index contributed by atoms with van der Waals surface area (Å²) in [7, 11) is -3.20. The fraction of sp³-hybridized carbons (Fsp3) is 0.467. The highest BCUT2D eigenvalue weighted by Crippen LogP contribution is 2.18. The van der Waals surface area contributed by atoms with E-state index in [0.717, 1.165) is 0 Å². The standard InChI is InChI=1S/C15H18ClFO3S/c1-12(2)21(18,19)10-9-20-15-11-13(5-3-4-8-16)6-7-14(15)17/h6-7,11-12H,4,8-10H2,1-2H3. The van der Waals surface area contributed by atoms with Crippen LogP contribution >= 0.6 is 11.6 Å². The van der Waals surface area contributed by atoms with Gasteiger partial charge in [-0.05, 0) is 32.0 Å². The lowest BCUT2D eigenvalue weighted by molar-refractivity contribution is 0.322. The Hall–Kier alpha value is -1.25. The molecule has 1 aromatic rings. The molecular weight excluding hydrogens is 315 g/mol. The van der Waals surface area contributed by atoms with Crippen molar-refractivity contribution in [3.8, 4) is 17.6 Å². The number of rotatable bonds is 6. The highest BCUT2D eigenvalue weighted by Gasteiger charge is 2.16. The number of hydrogen-bond donors (Lipinski definition) is 0. The van der Waals surface area contributed by atoms with Crippen LogP contribution < -0.4 is 4.74 Å². The third kappa shape index (κ3) is 5.94. The second kappa shape index (κ2) is 8.26. The lowest BCUT2D eigenvalue weighted by Crippen LogP contribution is -2.22. The van der Waals surface area contributed by atoms with Crippen LogP contribution in [-0.2, 0) is 9.84 Å². The van der Waals surface area contributed by atoms with Gasteiger partial charge >= 0.3 is 0 Å². The van der Waals surface area contributed by atoms with E-state index in [-0.39, 0.29) is 18.1 Å². The van der Waals surface area contributed by atoms with Crippen LogP contribution in [-0.4, -0.2) is 31.9 Å². The molecule has 0 aliphatic rings. The van der Waals surface area contributed by atoms with Crippen LogP contribution in [0, 0.1) is 17.7 Å². The number of sulfone groups is 1. The normalized spacial score (nSPS) is 11.1. The van der Waals surface area contributed by atoms with Crippen molar-refractivity contribution in [1.82, 2.24) is 0 Å². The van der Waals surface area contributed by atoms with Crippen LogP contribution in [0.2, 0.25) is 0 Å². The van der Waals surface area contributed by atoms with Gasteiger partial charge in [-0.15, -0.1) is 11.6 Å². The van der Waals surface area contributed by atoms with E-state index < -0.39 is 20.9 Å². The summed E-state index contributed by atoms with van der Waals surface area (Å²) < 4.78 is 42.1. The summed E-state index contributed by atoms with van der Waals surface area (Å²) in [6, 6.07) is 4.24. The van der Waals surface area contributed by atoms with Crippen molar-refractivity contribution in [3.63, 3.8) is 0 Å². The summed E-state index contributed by atoms with van der Waals surface area (Å²) in [4.78, 5) is 0. The summed E-state index contributed by atoms with van der Waals surface area (Å²) >= 11 is 5.52. The predicted molar refractivity (Wildman–Crippen MR) is 83.0 cm³/mol. The minimum absolute atomic E-state index is 0.00614. The van der Waals surface area contributed by atoms with Gasteiger partial charge in [-0.3, -0.25) is 0 Å². The zero-order valence-electron chi connectivity index (χ0n) is 12.0. The van der Waals surface area contributed by atoms with E-state index in [1.807, 2.05) is 0 Å². The molecule has 0 unspecified atom stereocenters. The SMILES string of the molecule is CC(C)S(=O)(=O)CCOc1cc(C#CCCCl)ccc1F. The van der Waals surface area contributed by atoms with Gasteiger partial charge in [0.1, 0.15) is 6.61 Å². The van der Waals surface area contributed by atoms with Crippen molar-refractivity contribution in [2.75, 3.05) is 18.2 Å². The molecule has 0 aliphatic heterocycles. The molecule has 6 heteroatoms. The smallest absolute Gasteiger partial charge is 0.165 e. The molecule has 0 atom stereocenters. The minimum Gasteiger partial charge on any atom is -0.489 e. The van der Waals surface area contributed by atoms with Gasteiger partial charge in [-0.2, -0.15) is 0 Å². The average Bonchev–Trinajstić information content (AvgIpc) is 2.42. The third-order valence-corrected chi connectivity index (χ3v) is 5.09. The van der Waals surface area contributed by atoms with E-state index in [9.17, 15) is 12.8 Å². The third-order valence-electron chi connectivity index (χ3n) is 2.73. The van der Waals surface area contributed by atoms with Crippen molar-refractivity contribution in [2.45, 2.75) is 25.5 Å². The molecule has 1 rings (SSSR count). The van der Waals surface area contributed by atoms with E-state index in [4.69, 9.17) is 16.3 Å². The average molecular weight is 333 g/mol. The second-order valence-electron chi connectivity index (χ2n) is 4.65. The summed E-state index contributed by atoms with van der Waals surface area (Å²) in [6.45, 7) is 3.11. The Morgan fingerprint density at radius 1 is 1.38 bits per heavy atom. The van der Waals surface area contributed by atoms with E-state index in [1.165, 1.54) is 18.2 Å². The van der Waals surface area contributed by atoms with Crippen molar-refractivity contribution in [2.24, 2.45) is 0 Å². The first-order valence-corrected chi connectivity index (χ1v) is 8.80. The Kier molecular flexibility index (Phi) is 7.00. The lowest BCUT2D eigenvalue weighted by Gasteiger charge is -2.10. The monoisotopic (exact) mass is 332 g/mol. The first-order valence-electron chi connectivity index (χ1n) is 6.55. The van der Waals surface area contributed by atoms with E-state index in [1.54, 1.807) is 13.8 Å². The van der Waals surface area contributed by atoms with Crippen molar-refractivity contribution in [3.05, 3.63) is 29.6 Å². The molecule has 0 fully saturated rings. The van der Waals surface area contributed by atoms with Crippen LogP contribution in [0.4, 0.5) is 4.39 Å². The van der Waals surface area contributed by atoms with Crippen LogP contribution in [0.5, 0.6) is 5.75 Å². The molecule has 0 aliphatic carbocycles. The zero-order valence-corrected chi connectivity index (χ0v) is 13.6. The van der Waals surface area contributed by atoms with Crippen LogP contribution in [0.1, 0.15) is 25.8 Å². The lowest BCUT2D eigenvalue weighted by atomic mass is 10.2. The fourth-order valence-corrected chi connectivity index (χ4v) is 2.29. The molecule has 0 saturated carbocycles. The van der Waals surface area contributed by atoms with Gasteiger partial charge in [0.2, 0.25) is 0 Å². The number of halogens is 2. The predicted octanol–water partition coefficient (Wildman–Crippen LogP) is 3.01. The molecule has 0 radical (unpaired) electrons. The molecule has 0 amide bonds. The molecule has 0 aromatic heterocycles. The molecule has 0 bridgehead atoms. The van der Waals surface area contributed by atoms with Crippen LogP contribution in [0.15, 0.2) is 18.2 Å². The molecule has 0 N–H and O–H groups in total. The maximum Gasteiger partial charge on any atom is 0.165 e.